The van der Waals surface area contributed by atoms with Gasteiger partial charge >= 0.3 is 0 Å². The second-order valence-electron chi connectivity index (χ2n) is 9.79. The number of halogens is 1. The molecule has 2 heterocycles. The van der Waals surface area contributed by atoms with E-state index in [1.807, 2.05) is 38.1 Å². The fourth-order valence-corrected chi connectivity index (χ4v) is 5.76. The van der Waals surface area contributed by atoms with E-state index < -0.39 is 10.8 Å². The Bertz CT molecular complexity index is 1460. The van der Waals surface area contributed by atoms with E-state index in [0.29, 0.717) is 51.3 Å². The number of ketones is 1. The van der Waals surface area contributed by atoms with Crippen LogP contribution in [0, 0.1) is 15.5 Å². The molecule has 1 atom stereocenters. The van der Waals surface area contributed by atoms with Crippen LogP contribution in [0.2, 0.25) is 5.02 Å². The van der Waals surface area contributed by atoms with Gasteiger partial charge in [-0.05, 0) is 35.1 Å². The minimum absolute atomic E-state index is 0.0386. The van der Waals surface area contributed by atoms with E-state index in [-0.39, 0.29) is 22.4 Å². The summed E-state index contributed by atoms with van der Waals surface area (Å²) in [6, 6.07) is 13.5. The number of hydrogen-bond donors (Lipinski definition) is 2. The Morgan fingerprint density at radius 2 is 1.81 bits per heavy atom. The summed E-state index contributed by atoms with van der Waals surface area (Å²) >= 11 is 7.36. The van der Waals surface area contributed by atoms with Gasteiger partial charge in [-0.1, -0.05) is 61.5 Å². The standard InChI is InChI=1S/C26H23ClN4O4S/c1-26(2)11-18-21(19(32)12-26)20(15-5-9-17(10-6-15)31(34)35)22-23(28-18)29-25(30-24(22)33)36-13-14-3-7-16(27)8-4-14/h3-10,20H,11-13H2,1-2H3,(H2,28,29,30,33)/t20-/m1/s1. The molecule has 0 unspecified atom stereocenters. The van der Waals surface area contributed by atoms with Gasteiger partial charge in [-0.2, -0.15) is 0 Å². The predicted molar refractivity (Wildman–Crippen MR) is 139 cm³/mol. The summed E-state index contributed by atoms with van der Waals surface area (Å²) in [7, 11) is 0. The van der Waals surface area contributed by atoms with E-state index in [9.17, 15) is 19.7 Å². The Hall–Kier alpha value is -3.43. The normalized spacial score (nSPS) is 18.3. The molecule has 10 heteroatoms. The molecule has 2 N–H and O–H groups in total. The number of Topliss-reactive ketones (excluding diaryl/α,β-unsaturated/α-hetero) is 1. The number of benzene rings is 2. The summed E-state index contributed by atoms with van der Waals surface area (Å²) < 4.78 is 0. The molecule has 5 rings (SSSR count). The van der Waals surface area contributed by atoms with Crippen molar-refractivity contribution >= 4 is 40.7 Å². The minimum Gasteiger partial charge on any atom is -0.343 e. The first-order valence-corrected chi connectivity index (χ1v) is 12.8. The van der Waals surface area contributed by atoms with Crippen molar-refractivity contribution in [3.63, 3.8) is 0 Å². The molecule has 1 aromatic heterocycles. The predicted octanol–water partition coefficient (Wildman–Crippen LogP) is 5.82. The van der Waals surface area contributed by atoms with E-state index in [1.54, 1.807) is 12.1 Å². The van der Waals surface area contributed by atoms with Gasteiger partial charge < -0.3 is 10.3 Å². The molecule has 3 aromatic rings. The van der Waals surface area contributed by atoms with Crippen molar-refractivity contribution in [3.05, 3.63) is 102 Å². The quantitative estimate of drug-likeness (QED) is 0.187. The number of nitro groups is 1. The number of aromatic nitrogens is 2. The Labute approximate surface area is 216 Å². The summed E-state index contributed by atoms with van der Waals surface area (Å²) in [5, 5.41) is 15.6. The molecule has 2 aromatic carbocycles. The van der Waals surface area contributed by atoms with Crippen molar-refractivity contribution < 1.29 is 9.72 Å². The first kappa shape index (κ1) is 24.3. The molecule has 184 valence electrons. The Balaban J connectivity index is 1.57. The monoisotopic (exact) mass is 522 g/mol. The average Bonchev–Trinajstić information content (AvgIpc) is 2.81. The number of anilines is 1. The van der Waals surface area contributed by atoms with Crippen LogP contribution in [-0.2, 0) is 10.5 Å². The van der Waals surface area contributed by atoms with E-state index in [2.05, 4.69) is 10.3 Å². The van der Waals surface area contributed by atoms with Gasteiger partial charge in [0.25, 0.3) is 11.2 Å². The summed E-state index contributed by atoms with van der Waals surface area (Å²) in [4.78, 5) is 45.0. The van der Waals surface area contributed by atoms with Gasteiger partial charge in [-0.25, -0.2) is 4.98 Å². The number of hydrogen-bond acceptors (Lipinski definition) is 7. The molecule has 0 amide bonds. The Morgan fingerprint density at radius 1 is 1.11 bits per heavy atom. The number of fused-ring (bicyclic) bond motifs is 1. The molecule has 1 aliphatic heterocycles. The van der Waals surface area contributed by atoms with Crippen LogP contribution in [0.1, 0.15) is 49.3 Å². The lowest BCUT2D eigenvalue weighted by molar-refractivity contribution is -0.384. The lowest BCUT2D eigenvalue weighted by atomic mass is 9.69. The van der Waals surface area contributed by atoms with Crippen LogP contribution in [0.25, 0.3) is 0 Å². The highest BCUT2D eigenvalue weighted by Crippen LogP contribution is 2.47. The molecule has 0 spiro atoms. The maximum absolute atomic E-state index is 13.4. The van der Waals surface area contributed by atoms with Crippen molar-refractivity contribution in [1.29, 1.82) is 0 Å². The zero-order valence-electron chi connectivity index (χ0n) is 19.6. The van der Waals surface area contributed by atoms with Crippen LogP contribution in [0.3, 0.4) is 0 Å². The number of H-pyrrole nitrogens is 1. The Morgan fingerprint density at radius 3 is 2.47 bits per heavy atom. The smallest absolute Gasteiger partial charge is 0.269 e. The zero-order chi connectivity index (χ0) is 25.6. The molecule has 0 fully saturated rings. The number of thioether (sulfide) groups is 1. The molecule has 0 radical (unpaired) electrons. The fourth-order valence-electron chi connectivity index (χ4n) is 4.82. The van der Waals surface area contributed by atoms with Gasteiger partial charge in [-0.15, -0.1) is 0 Å². The van der Waals surface area contributed by atoms with Crippen LogP contribution in [0.5, 0.6) is 0 Å². The van der Waals surface area contributed by atoms with E-state index >= 15 is 0 Å². The average molecular weight is 523 g/mol. The van der Waals surface area contributed by atoms with Crippen LogP contribution in [0.4, 0.5) is 11.5 Å². The maximum Gasteiger partial charge on any atom is 0.269 e. The second-order valence-corrected chi connectivity index (χ2v) is 11.2. The molecule has 1 aliphatic carbocycles. The first-order valence-electron chi connectivity index (χ1n) is 11.4. The first-order chi connectivity index (χ1) is 17.1. The third-order valence-electron chi connectivity index (χ3n) is 6.43. The van der Waals surface area contributed by atoms with Crippen molar-refractivity contribution in [2.75, 3.05) is 5.32 Å². The van der Waals surface area contributed by atoms with Gasteiger partial charge in [0.1, 0.15) is 5.82 Å². The lowest BCUT2D eigenvalue weighted by Crippen LogP contribution is -2.37. The van der Waals surface area contributed by atoms with Gasteiger partial charge in [0.05, 0.1) is 10.5 Å². The molecule has 0 saturated carbocycles. The minimum atomic E-state index is -0.660. The van der Waals surface area contributed by atoms with Gasteiger partial charge in [0.2, 0.25) is 0 Å². The molecule has 0 bridgehead atoms. The lowest BCUT2D eigenvalue weighted by Gasteiger charge is -2.38. The van der Waals surface area contributed by atoms with Gasteiger partial charge in [0.15, 0.2) is 10.9 Å². The van der Waals surface area contributed by atoms with E-state index in [1.165, 1.54) is 23.9 Å². The second kappa shape index (κ2) is 9.22. The van der Waals surface area contributed by atoms with E-state index in [0.717, 1.165) is 11.3 Å². The highest BCUT2D eigenvalue weighted by Gasteiger charge is 2.42. The number of aromatic amines is 1. The fraction of sp³-hybridized carbons (Fsp3) is 0.269. The number of nitrogens with one attached hydrogen (secondary N) is 2. The van der Waals surface area contributed by atoms with Crippen molar-refractivity contribution in [1.82, 2.24) is 9.97 Å². The van der Waals surface area contributed by atoms with Crippen LogP contribution in [0.15, 0.2) is 69.8 Å². The SMILES string of the molecule is CC1(C)CC(=O)C2=C(C1)Nc1nc(SCc3ccc(Cl)cc3)[nH]c(=O)c1[C@@H]2c1ccc([N+](=O)[O-])cc1. The van der Waals surface area contributed by atoms with Crippen molar-refractivity contribution in [2.24, 2.45) is 5.41 Å². The van der Waals surface area contributed by atoms with Crippen LogP contribution < -0.4 is 10.9 Å². The number of nitro benzene ring substituents is 1. The van der Waals surface area contributed by atoms with E-state index in [4.69, 9.17) is 16.6 Å². The summed E-state index contributed by atoms with van der Waals surface area (Å²) in [6.45, 7) is 4.07. The number of carbonyl (C=O) groups is 1. The topological polar surface area (TPSA) is 118 Å². The van der Waals surface area contributed by atoms with Crippen LogP contribution >= 0.6 is 23.4 Å². The summed E-state index contributed by atoms with van der Waals surface area (Å²) in [5.74, 6) is 0.296. The highest BCUT2D eigenvalue weighted by atomic mass is 35.5. The maximum atomic E-state index is 13.4. The molecule has 0 saturated heterocycles. The number of nitrogens with zero attached hydrogens (tertiary/aromatic N) is 2. The third kappa shape index (κ3) is 4.68. The zero-order valence-corrected chi connectivity index (χ0v) is 21.2. The molecular weight excluding hydrogens is 500 g/mol. The number of allylic oxidation sites excluding steroid dienone is 2. The van der Waals surface area contributed by atoms with Gasteiger partial charge in [-0.3, -0.25) is 19.7 Å². The van der Waals surface area contributed by atoms with Crippen LogP contribution in [-0.4, -0.2) is 20.7 Å². The molecule has 8 nitrogen and oxygen atoms in total. The largest absolute Gasteiger partial charge is 0.343 e. The highest BCUT2D eigenvalue weighted by molar-refractivity contribution is 7.98. The number of carbonyl (C=O) groups excluding carboxylic acids is 1. The molecule has 36 heavy (non-hydrogen) atoms. The Kier molecular flexibility index (Phi) is 6.22. The molecule has 2 aliphatic rings. The number of rotatable bonds is 5. The third-order valence-corrected chi connectivity index (χ3v) is 7.62. The molecular formula is C26H23ClN4O4S. The van der Waals surface area contributed by atoms with Crippen molar-refractivity contribution in [3.8, 4) is 0 Å². The number of non-ortho nitro benzene ring substituents is 1. The summed E-state index contributed by atoms with van der Waals surface area (Å²) in [5.41, 5.74) is 2.64. The summed E-state index contributed by atoms with van der Waals surface area (Å²) in [6.07, 6.45) is 0.978. The van der Waals surface area contributed by atoms with Gasteiger partial charge in [0, 0.05) is 46.5 Å². The van der Waals surface area contributed by atoms with Crippen molar-refractivity contribution in [2.45, 2.75) is 43.5 Å².